The molecule has 0 amide bonds. The molecule has 2 aliphatic rings. The van der Waals surface area contributed by atoms with Gasteiger partial charge in [0.05, 0.1) is 0 Å². The number of hydrogen-bond donors (Lipinski definition) is 0. The second-order valence-corrected chi connectivity index (χ2v) is 12.1. The minimum Gasteiger partial charge on any atom is -1.00 e. The second-order valence-electron chi connectivity index (χ2n) is 9.77. The Labute approximate surface area is 248 Å². The van der Waals surface area contributed by atoms with Crippen LogP contribution in [0.2, 0.25) is 0 Å². The van der Waals surface area contributed by atoms with Crippen molar-refractivity contribution in [1.29, 1.82) is 0 Å². The van der Waals surface area contributed by atoms with Crippen LogP contribution in [0, 0.1) is 0 Å². The molecule has 0 N–H and O–H groups in total. The van der Waals surface area contributed by atoms with Gasteiger partial charge in [-0.25, -0.2) is 0 Å². The Hall–Kier alpha value is -3.27. The van der Waals surface area contributed by atoms with Crippen molar-refractivity contribution in [2.24, 2.45) is 0 Å². The Kier molecular flexibility index (Phi) is 6.91. The summed E-state index contributed by atoms with van der Waals surface area (Å²) in [6, 6.07) is 34.9. The maximum atomic E-state index is 6.00. The summed E-state index contributed by atoms with van der Waals surface area (Å²) >= 11 is -0.610. The maximum absolute atomic E-state index is 6.00. The monoisotopic (exact) mass is 580 g/mol. The van der Waals surface area contributed by atoms with Crippen molar-refractivity contribution in [3.05, 3.63) is 143 Å². The topological polar surface area (TPSA) is 26.3 Å². The van der Waals surface area contributed by atoms with Crippen LogP contribution in [0.15, 0.2) is 118 Å². The standard InChI is InChI=1S/2C17H11O.2ClH.Ti/c2*1-2-5-15-12(4-1)7-8-13-10-14(11-16(13)15)17-6-3-9-18-17;;;/h2*1-11H;2*1H;/q;;;;+2/p-2. The van der Waals surface area contributed by atoms with Crippen molar-refractivity contribution in [1.82, 2.24) is 0 Å². The molecule has 6 aromatic rings. The molecule has 4 aromatic carbocycles. The molecule has 0 bridgehead atoms. The molecule has 2 atom stereocenters. The van der Waals surface area contributed by atoms with Crippen LogP contribution in [0.25, 0.3) is 44.8 Å². The zero-order chi connectivity index (χ0) is 24.3. The summed E-state index contributed by atoms with van der Waals surface area (Å²) in [6.07, 6.45) is 8.35. The molecule has 2 unspecified atom stereocenters. The molecule has 0 spiro atoms. The molecule has 2 heterocycles. The number of hydrogen-bond acceptors (Lipinski definition) is 2. The van der Waals surface area contributed by atoms with E-state index >= 15 is 0 Å². The van der Waals surface area contributed by atoms with Gasteiger partial charge in [-0.15, -0.1) is 0 Å². The van der Waals surface area contributed by atoms with Crippen molar-refractivity contribution < 1.29 is 52.8 Å². The first kappa shape index (κ1) is 26.0. The van der Waals surface area contributed by atoms with Crippen molar-refractivity contribution in [2.45, 2.75) is 8.45 Å². The largest absolute Gasteiger partial charge is 1.00 e. The average Bonchev–Trinajstić information content (AvgIpc) is 3.75. The Morgan fingerprint density at radius 1 is 0.487 bits per heavy atom. The summed E-state index contributed by atoms with van der Waals surface area (Å²) < 4.78 is 12.7. The zero-order valence-corrected chi connectivity index (χ0v) is 23.8. The molecule has 2 nitrogen and oxygen atoms in total. The van der Waals surface area contributed by atoms with Gasteiger partial charge in [-0.2, -0.15) is 0 Å². The van der Waals surface area contributed by atoms with Gasteiger partial charge in [0, 0.05) is 0 Å². The minimum atomic E-state index is -0.610. The summed E-state index contributed by atoms with van der Waals surface area (Å²) in [5.41, 5.74) is 8.17. The van der Waals surface area contributed by atoms with Crippen LogP contribution in [-0.2, 0) is 19.2 Å². The fourth-order valence-corrected chi connectivity index (χ4v) is 9.23. The van der Waals surface area contributed by atoms with E-state index in [-0.39, 0.29) is 24.8 Å². The molecule has 39 heavy (non-hydrogen) atoms. The first-order valence-corrected chi connectivity index (χ1v) is 14.5. The van der Waals surface area contributed by atoms with Gasteiger partial charge in [0.2, 0.25) is 0 Å². The summed E-state index contributed by atoms with van der Waals surface area (Å²) in [7, 11) is 0. The van der Waals surface area contributed by atoms with Gasteiger partial charge in [0.1, 0.15) is 0 Å². The van der Waals surface area contributed by atoms with Crippen molar-refractivity contribution in [3.8, 4) is 0 Å². The molecular formula is C34H22Cl2O2Ti. The number of benzene rings is 4. The Morgan fingerprint density at radius 3 is 1.38 bits per heavy atom. The van der Waals surface area contributed by atoms with E-state index in [0.717, 1.165) is 11.5 Å². The van der Waals surface area contributed by atoms with E-state index in [4.69, 9.17) is 8.83 Å². The molecule has 188 valence electrons. The maximum Gasteiger partial charge on any atom is -1.00 e. The third kappa shape index (κ3) is 4.15. The molecule has 0 radical (unpaired) electrons. The number of furan rings is 2. The number of rotatable bonds is 4. The SMILES string of the molecule is C1=C(c2ccco2)[CH]([Ti+2][CH]2C(c3ccco3)=Cc3c2ccc2ccccc32)c2ccc3ccccc3c21.[Cl-].[Cl-]. The van der Waals surface area contributed by atoms with Gasteiger partial charge >= 0.3 is 225 Å². The molecule has 0 saturated heterocycles. The number of fused-ring (bicyclic) bond motifs is 6. The van der Waals surface area contributed by atoms with Crippen LogP contribution < -0.4 is 24.8 Å². The van der Waals surface area contributed by atoms with E-state index < -0.39 is 19.2 Å². The first-order chi connectivity index (χ1) is 18.3. The molecule has 2 aliphatic carbocycles. The fourth-order valence-electron chi connectivity index (χ4n) is 6.10. The first-order valence-electron chi connectivity index (χ1n) is 12.7. The van der Waals surface area contributed by atoms with Crippen LogP contribution in [-0.4, -0.2) is 0 Å². The molecule has 0 fully saturated rings. The minimum absolute atomic E-state index is 0. The van der Waals surface area contributed by atoms with Crippen LogP contribution in [0.3, 0.4) is 0 Å². The van der Waals surface area contributed by atoms with Crippen LogP contribution in [0.4, 0.5) is 0 Å². The van der Waals surface area contributed by atoms with Gasteiger partial charge in [0.15, 0.2) is 0 Å². The number of allylic oxidation sites excluding steroid dienone is 2. The van der Waals surface area contributed by atoms with Crippen LogP contribution >= 0.6 is 0 Å². The smallest absolute Gasteiger partial charge is 1.00 e. The normalized spacial score (nSPS) is 17.0. The summed E-state index contributed by atoms with van der Waals surface area (Å²) in [5, 5.41) is 5.20. The van der Waals surface area contributed by atoms with Crippen molar-refractivity contribution >= 4 is 44.8 Å². The molecule has 0 saturated carbocycles. The third-order valence-electron chi connectivity index (χ3n) is 7.80. The van der Waals surface area contributed by atoms with Gasteiger partial charge in [-0.3, -0.25) is 0 Å². The van der Waals surface area contributed by atoms with Gasteiger partial charge in [-0.05, 0) is 0 Å². The van der Waals surface area contributed by atoms with E-state index in [1.807, 2.05) is 12.1 Å². The quantitative estimate of drug-likeness (QED) is 0.300. The zero-order valence-electron chi connectivity index (χ0n) is 20.8. The Bertz CT molecular complexity index is 1730. The van der Waals surface area contributed by atoms with Crippen LogP contribution in [0.5, 0.6) is 0 Å². The van der Waals surface area contributed by atoms with Gasteiger partial charge in [-0.1, -0.05) is 0 Å². The molecule has 8 rings (SSSR count). The number of halogens is 2. The predicted octanol–water partition coefficient (Wildman–Crippen LogP) is 3.16. The molecule has 5 heteroatoms. The average molecular weight is 581 g/mol. The van der Waals surface area contributed by atoms with Crippen molar-refractivity contribution in [3.63, 3.8) is 0 Å². The predicted molar refractivity (Wildman–Crippen MR) is 147 cm³/mol. The molecule has 0 aliphatic heterocycles. The fraction of sp³-hybridized carbons (Fsp3) is 0.0588. The molecular weight excluding hydrogens is 559 g/mol. The van der Waals surface area contributed by atoms with E-state index in [0.29, 0.717) is 8.45 Å². The molecule has 2 aromatic heterocycles. The Morgan fingerprint density at radius 2 is 0.949 bits per heavy atom. The van der Waals surface area contributed by atoms with Gasteiger partial charge < -0.3 is 24.8 Å². The summed E-state index contributed by atoms with van der Waals surface area (Å²) in [5.74, 6) is 1.96. The van der Waals surface area contributed by atoms with Gasteiger partial charge in [0.25, 0.3) is 0 Å². The van der Waals surface area contributed by atoms with E-state index in [1.165, 1.54) is 54.9 Å². The third-order valence-corrected chi connectivity index (χ3v) is 10.8. The van der Waals surface area contributed by atoms with E-state index in [9.17, 15) is 0 Å². The van der Waals surface area contributed by atoms with E-state index in [2.05, 4.69) is 97.1 Å². The van der Waals surface area contributed by atoms with Crippen molar-refractivity contribution in [2.75, 3.05) is 0 Å². The summed E-state index contributed by atoms with van der Waals surface area (Å²) in [4.78, 5) is 0. The summed E-state index contributed by atoms with van der Waals surface area (Å²) in [6.45, 7) is 0. The van der Waals surface area contributed by atoms with Crippen LogP contribution in [0.1, 0.15) is 42.2 Å². The second kappa shape index (κ2) is 10.4. The Balaban J connectivity index is 0.00000138. The van der Waals surface area contributed by atoms with E-state index in [1.54, 1.807) is 12.5 Å².